The van der Waals surface area contributed by atoms with Crippen LogP contribution < -0.4 is 11.1 Å². The molecule has 3 N–H and O–H groups in total. The van der Waals surface area contributed by atoms with Gasteiger partial charge in [-0.05, 0) is 40.8 Å². The Kier molecular flexibility index (Phi) is 4.26. The molecule has 124 valence electrons. The highest BCUT2D eigenvalue weighted by atomic mass is 127. The number of nitrogens with one attached hydrogen (secondary N) is 1. The zero-order chi connectivity index (χ0) is 17.4. The lowest BCUT2D eigenvalue weighted by molar-refractivity contribution is 0.0823. The third-order valence-corrected chi connectivity index (χ3v) is 4.13. The predicted molar refractivity (Wildman–Crippen MR) is 101 cm³/mol. The van der Waals surface area contributed by atoms with Gasteiger partial charge in [0.15, 0.2) is 11.5 Å². The van der Waals surface area contributed by atoms with E-state index in [9.17, 15) is 4.79 Å². The second-order valence-corrected chi connectivity index (χ2v) is 6.59. The van der Waals surface area contributed by atoms with Crippen molar-refractivity contribution in [2.75, 3.05) is 32.2 Å². The maximum Gasteiger partial charge on any atom is 0.274 e. The molecule has 0 bridgehead atoms. The van der Waals surface area contributed by atoms with Gasteiger partial charge < -0.3 is 16.0 Å². The number of rotatable bonds is 3. The van der Waals surface area contributed by atoms with Gasteiger partial charge in [-0.1, -0.05) is 0 Å². The molecule has 2 aromatic heterocycles. The maximum absolute atomic E-state index is 12.5. The molecule has 24 heavy (non-hydrogen) atoms. The summed E-state index contributed by atoms with van der Waals surface area (Å²) < 4.78 is 2.65. The number of benzene rings is 1. The summed E-state index contributed by atoms with van der Waals surface area (Å²) in [7, 11) is 5.14. The Morgan fingerprint density at radius 2 is 2.04 bits per heavy atom. The molecule has 1 aromatic carbocycles. The number of hydrogen-bond donors (Lipinski definition) is 2. The van der Waals surface area contributed by atoms with Crippen LogP contribution in [0.25, 0.3) is 16.7 Å². The molecule has 9 heteroatoms. The number of anilines is 2. The molecule has 0 radical (unpaired) electrons. The molecule has 0 fully saturated rings. The van der Waals surface area contributed by atoms with Gasteiger partial charge in [0.25, 0.3) is 5.91 Å². The SMILES string of the molecule is CNc1cc(-n2nc(C(=O)N(C)C)c3ccc(I)cc32)nc(N)n1. The number of nitrogen functional groups attached to an aromatic ring is 1. The Morgan fingerprint density at radius 3 is 2.71 bits per heavy atom. The zero-order valence-corrected chi connectivity index (χ0v) is 15.6. The second-order valence-electron chi connectivity index (χ2n) is 5.34. The molecule has 0 saturated carbocycles. The molecule has 8 nitrogen and oxygen atoms in total. The summed E-state index contributed by atoms with van der Waals surface area (Å²) in [5.41, 5.74) is 6.94. The number of hydrogen-bond acceptors (Lipinski definition) is 6. The van der Waals surface area contributed by atoms with Crippen LogP contribution in [0.2, 0.25) is 0 Å². The lowest BCUT2D eigenvalue weighted by atomic mass is 10.2. The van der Waals surface area contributed by atoms with E-state index in [0.29, 0.717) is 17.3 Å². The van der Waals surface area contributed by atoms with Crippen molar-refractivity contribution in [3.05, 3.63) is 33.5 Å². The highest BCUT2D eigenvalue weighted by Crippen LogP contribution is 2.25. The van der Waals surface area contributed by atoms with Crippen LogP contribution in [-0.2, 0) is 0 Å². The normalized spacial score (nSPS) is 10.8. The minimum Gasteiger partial charge on any atom is -0.373 e. The average Bonchev–Trinajstić information content (AvgIpc) is 2.91. The monoisotopic (exact) mass is 437 g/mol. The molecule has 2 heterocycles. The first kappa shape index (κ1) is 16.4. The fraction of sp³-hybridized carbons (Fsp3) is 0.200. The van der Waals surface area contributed by atoms with Gasteiger partial charge >= 0.3 is 0 Å². The van der Waals surface area contributed by atoms with Crippen molar-refractivity contribution in [1.29, 1.82) is 0 Å². The molecule has 0 spiro atoms. The number of nitrogens with zero attached hydrogens (tertiary/aromatic N) is 5. The van der Waals surface area contributed by atoms with Crippen LogP contribution in [0.5, 0.6) is 0 Å². The third kappa shape index (κ3) is 2.86. The van der Waals surface area contributed by atoms with Crippen LogP contribution in [0.4, 0.5) is 11.8 Å². The first-order valence-corrected chi connectivity index (χ1v) is 8.21. The summed E-state index contributed by atoms with van der Waals surface area (Å²) in [6.45, 7) is 0. The van der Waals surface area contributed by atoms with Crippen molar-refractivity contribution in [3.8, 4) is 5.82 Å². The Bertz CT molecular complexity index is 935. The number of carbonyl (C=O) groups is 1. The van der Waals surface area contributed by atoms with Crippen LogP contribution in [0.1, 0.15) is 10.5 Å². The van der Waals surface area contributed by atoms with Crippen LogP contribution in [0.3, 0.4) is 0 Å². The largest absolute Gasteiger partial charge is 0.373 e. The molecule has 0 saturated heterocycles. The standard InChI is InChI=1S/C15H16IN7O/c1-18-11-7-12(20-15(17)19-11)23-10-6-8(16)4-5-9(10)13(21-23)14(24)22(2)3/h4-7H,1-3H3,(H3,17,18,19,20). The minimum absolute atomic E-state index is 0.131. The van der Waals surface area contributed by atoms with Gasteiger partial charge in [0, 0.05) is 36.2 Å². The molecule has 0 unspecified atom stereocenters. The van der Waals surface area contributed by atoms with E-state index in [4.69, 9.17) is 5.73 Å². The Labute approximate surface area is 152 Å². The third-order valence-electron chi connectivity index (χ3n) is 3.45. The number of amides is 1. The number of nitrogens with two attached hydrogens (primary N) is 1. The van der Waals surface area contributed by atoms with E-state index in [2.05, 4.69) is 43.0 Å². The van der Waals surface area contributed by atoms with Crippen molar-refractivity contribution in [2.24, 2.45) is 0 Å². The number of fused-ring (bicyclic) bond motifs is 1. The first-order valence-electron chi connectivity index (χ1n) is 7.13. The molecule has 1 amide bonds. The van der Waals surface area contributed by atoms with Crippen LogP contribution in [-0.4, -0.2) is 51.7 Å². The van der Waals surface area contributed by atoms with E-state index < -0.39 is 0 Å². The van der Waals surface area contributed by atoms with Crippen molar-refractivity contribution >= 4 is 51.2 Å². The first-order chi connectivity index (χ1) is 11.4. The van der Waals surface area contributed by atoms with E-state index in [0.717, 1.165) is 14.5 Å². The van der Waals surface area contributed by atoms with Crippen molar-refractivity contribution in [1.82, 2.24) is 24.6 Å². The summed E-state index contributed by atoms with van der Waals surface area (Å²) >= 11 is 2.22. The van der Waals surface area contributed by atoms with Crippen molar-refractivity contribution in [3.63, 3.8) is 0 Å². The topological polar surface area (TPSA) is 102 Å². The van der Waals surface area contributed by atoms with Gasteiger partial charge in [-0.3, -0.25) is 4.79 Å². The van der Waals surface area contributed by atoms with E-state index >= 15 is 0 Å². The van der Waals surface area contributed by atoms with Gasteiger partial charge in [-0.2, -0.15) is 15.1 Å². The quantitative estimate of drug-likeness (QED) is 0.606. The summed E-state index contributed by atoms with van der Waals surface area (Å²) in [5.74, 6) is 1.03. The van der Waals surface area contributed by atoms with E-state index in [-0.39, 0.29) is 11.9 Å². The molecular formula is C15H16IN7O. The van der Waals surface area contributed by atoms with Gasteiger partial charge in [0.2, 0.25) is 5.95 Å². The van der Waals surface area contributed by atoms with Gasteiger partial charge in [0.05, 0.1) is 5.52 Å². The van der Waals surface area contributed by atoms with Crippen LogP contribution in [0, 0.1) is 3.57 Å². The number of carbonyl (C=O) groups excluding carboxylic acids is 1. The maximum atomic E-state index is 12.5. The predicted octanol–water partition coefficient (Wildman–Crippen LogP) is 1.75. The van der Waals surface area contributed by atoms with Gasteiger partial charge in [-0.15, -0.1) is 0 Å². The molecule has 0 aliphatic carbocycles. The fourth-order valence-electron chi connectivity index (χ4n) is 2.32. The van der Waals surface area contributed by atoms with Crippen molar-refractivity contribution < 1.29 is 4.79 Å². The Morgan fingerprint density at radius 1 is 1.29 bits per heavy atom. The highest BCUT2D eigenvalue weighted by Gasteiger charge is 2.20. The molecular weight excluding hydrogens is 421 g/mol. The average molecular weight is 437 g/mol. The highest BCUT2D eigenvalue weighted by molar-refractivity contribution is 14.1. The number of halogens is 1. The molecule has 3 rings (SSSR count). The van der Waals surface area contributed by atoms with Crippen molar-refractivity contribution in [2.45, 2.75) is 0 Å². The lowest BCUT2D eigenvalue weighted by Crippen LogP contribution is -2.22. The molecule has 3 aromatic rings. The summed E-state index contributed by atoms with van der Waals surface area (Å²) in [6.07, 6.45) is 0. The summed E-state index contributed by atoms with van der Waals surface area (Å²) in [5, 5.41) is 8.18. The summed E-state index contributed by atoms with van der Waals surface area (Å²) in [6, 6.07) is 7.51. The fourth-order valence-corrected chi connectivity index (χ4v) is 2.80. The number of aromatic nitrogens is 4. The molecule has 0 aliphatic rings. The van der Waals surface area contributed by atoms with Gasteiger partial charge in [0.1, 0.15) is 5.82 Å². The minimum atomic E-state index is -0.171. The Balaban J connectivity index is 2.30. The smallest absolute Gasteiger partial charge is 0.274 e. The zero-order valence-electron chi connectivity index (χ0n) is 13.4. The Hall–Kier alpha value is -2.43. The van der Waals surface area contributed by atoms with Gasteiger partial charge in [-0.25, -0.2) is 4.68 Å². The summed E-state index contributed by atoms with van der Waals surface area (Å²) in [4.78, 5) is 22.3. The van der Waals surface area contributed by atoms with E-state index in [1.807, 2.05) is 18.2 Å². The van der Waals surface area contributed by atoms with E-state index in [1.165, 1.54) is 4.90 Å². The lowest BCUT2D eigenvalue weighted by Gasteiger charge is -2.07. The molecule has 0 atom stereocenters. The molecule has 0 aliphatic heterocycles. The van der Waals surface area contributed by atoms with E-state index in [1.54, 1.807) is 31.9 Å². The second kappa shape index (κ2) is 6.23. The van der Waals surface area contributed by atoms with Crippen LogP contribution in [0.15, 0.2) is 24.3 Å². The van der Waals surface area contributed by atoms with Crippen LogP contribution >= 0.6 is 22.6 Å².